The Balaban J connectivity index is 3.02. The molecule has 18 heavy (non-hydrogen) atoms. The lowest BCUT2D eigenvalue weighted by Gasteiger charge is -1.98. The van der Waals surface area contributed by atoms with Gasteiger partial charge in [0.05, 0.1) is 0 Å². The normalized spacial score (nSPS) is 11.2. The molecule has 0 radical (unpaired) electrons. The van der Waals surface area contributed by atoms with Crippen LogP contribution in [0.25, 0.3) is 0 Å². The Morgan fingerprint density at radius 3 is 1.56 bits per heavy atom. The van der Waals surface area contributed by atoms with Crippen LogP contribution in [-0.4, -0.2) is 6.29 Å². The summed E-state index contributed by atoms with van der Waals surface area (Å²) in [4.78, 5) is 10.1. The smallest absolute Gasteiger partial charge is 0.119 e. The number of unbranched alkanes of at least 4 members (excludes halogenated alkanes) is 11. The van der Waals surface area contributed by atoms with Crippen LogP contribution in [0.4, 0.5) is 0 Å². The summed E-state index contributed by atoms with van der Waals surface area (Å²) in [5.74, 6) is 0. The Morgan fingerprint density at radius 1 is 0.611 bits per heavy atom. The summed E-state index contributed by atoms with van der Waals surface area (Å²) in [6.07, 6.45) is 22.1. The monoisotopic (exact) mass is 252 g/mol. The van der Waals surface area contributed by atoms with Crippen LogP contribution in [0.15, 0.2) is 12.2 Å². The largest absolute Gasteiger partial charge is 0.303 e. The van der Waals surface area contributed by atoms with Crippen LogP contribution in [0, 0.1) is 0 Å². The van der Waals surface area contributed by atoms with Crippen molar-refractivity contribution in [3.05, 3.63) is 12.2 Å². The van der Waals surface area contributed by atoms with Gasteiger partial charge in [0.2, 0.25) is 0 Å². The van der Waals surface area contributed by atoms with Crippen LogP contribution < -0.4 is 0 Å². The quantitative estimate of drug-likeness (QED) is 0.216. The summed E-state index contributed by atoms with van der Waals surface area (Å²) in [6.45, 7) is 2.26. The molecule has 1 heteroatoms. The molecule has 1 nitrogen and oxygen atoms in total. The minimum atomic E-state index is 0.748. The minimum Gasteiger partial charge on any atom is -0.303 e. The molecular formula is C17H32O. The zero-order valence-corrected chi connectivity index (χ0v) is 12.3. The minimum absolute atomic E-state index is 0.748. The molecule has 0 unspecified atom stereocenters. The first-order valence-electron chi connectivity index (χ1n) is 8.00. The van der Waals surface area contributed by atoms with Crippen molar-refractivity contribution in [1.82, 2.24) is 0 Å². The molecule has 0 N–H and O–H groups in total. The van der Waals surface area contributed by atoms with Crippen molar-refractivity contribution in [3.8, 4) is 0 Å². The van der Waals surface area contributed by atoms with Crippen LogP contribution in [0.3, 0.4) is 0 Å². The van der Waals surface area contributed by atoms with Gasteiger partial charge in [0.1, 0.15) is 6.29 Å². The van der Waals surface area contributed by atoms with E-state index in [2.05, 4.69) is 19.1 Å². The van der Waals surface area contributed by atoms with Gasteiger partial charge in [-0.1, -0.05) is 64.0 Å². The first-order valence-corrected chi connectivity index (χ1v) is 8.00. The van der Waals surface area contributed by atoms with Gasteiger partial charge in [-0.05, 0) is 32.1 Å². The van der Waals surface area contributed by atoms with E-state index in [4.69, 9.17) is 0 Å². The van der Waals surface area contributed by atoms with Crippen molar-refractivity contribution < 1.29 is 4.79 Å². The van der Waals surface area contributed by atoms with E-state index >= 15 is 0 Å². The second kappa shape index (κ2) is 16.4. The lowest BCUT2D eigenvalue weighted by Crippen LogP contribution is -1.80. The molecular weight excluding hydrogens is 220 g/mol. The molecule has 0 saturated carbocycles. The van der Waals surface area contributed by atoms with E-state index in [0.29, 0.717) is 0 Å². The van der Waals surface area contributed by atoms with Crippen molar-refractivity contribution in [2.75, 3.05) is 0 Å². The highest BCUT2D eigenvalue weighted by Gasteiger charge is 1.90. The third-order valence-electron chi connectivity index (χ3n) is 3.33. The second-order valence-corrected chi connectivity index (χ2v) is 5.19. The summed E-state index contributed by atoms with van der Waals surface area (Å²) in [6, 6.07) is 0. The van der Waals surface area contributed by atoms with Crippen molar-refractivity contribution in [3.63, 3.8) is 0 Å². The summed E-state index contributed by atoms with van der Waals surface area (Å²) < 4.78 is 0. The van der Waals surface area contributed by atoms with Gasteiger partial charge in [-0.2, -0.15) is 0 Å². The molecule has 0 bridgehead atoms. The maximum absolute atomic E-state index is 10.1. The number of allylic oxidation sites excluding steroid dienone is 2. The highest BCUT2D eigenvalue weighted by Crippen LogP contribution is 2.08. The van der Waals surface area contributed by atoms with Gasteiger partial charge in [0.25, 0.3) is 0 Å². The fourth-order valence-corrected chi connectivity index (χ4v) is 2.12. The Hall–Kier alpha value is -0.590. The number of carbonyl (C=O) groups is 1. The number of hydrogen-bond donors (Lipinski definition) is 0. The van der Waals surface area contributed by atoms with E-state index < -0.39 is 0 Å². The van der Waals surface area contributed by atoms with Gasteiger partial charge in [-0.15, -0.1) is 0 Å². The topological polar surface area (TPSA) is 17.1 Å². The van der Waals surface area contributed by atoms with E-state index in [1.165, 1.54) is 70.6 Å². The molecule has 0 aromatic heterocycles. The molecule has 0 aromatic carbocycles. The van der Waals surface area contributed by atoms with Gasteiger partial charge < -0.3 is 4.79 Å². The predicted molar refractivity (Wildman–Crippen MR) is 80.9 cm³/mol. The predicted octanol–water partition coefficient (Wildman–Crippen LogP) is 5.83. The van der Waals surface area contributed by atoms with Crippen LogP contribution in [0.1, 0.15) is 90.4 Å². The van der Waals surface area contributed by atoms with E-state index in [9.17, 15) is 4.79 Å². The molecule has 0 saturated heterocycles. The van der Waals surface area contributed by atoms with Gasteiger partial charge in [-0.25, -0.2) is 0 Å². The Morgan fingerprint density at radius 2 is 1.06 bits per heavy atom. The Labute approximate surface area is 114 Å². The van der Waals surface area contributed by atoms with E-state index in [1.54, 1.807) is 0 Å². The molecule has 0 atom stereocenters. The Kier molecular flexibility index (Phi) is 15.9. The van der Waals surface area contributed by atoms with Crippen LogP contribution >= 0.6 is 0 Å². The van der Waals surface area contributed by atoms with Gasteiger partial charge in [0.15, 0.2) is 0 Å². The first-order chi connectivity index (χ1) is 8.91. The maximum atomic E-state index is 10.1. The molecule has 0 spiro atoms. The molecule has 0 aromatic rings. The van der Waals surface area contributed by atoms with Crippen molar-refractivity contribution in [2.24, 2.45) is 0 Å². The fourth-order valence-electron chi connectivity index (χ4n) is 2.12. The highest BCUT2D eigenvalue weighted by molar-refractivity contribution is 5.48. The van der Waals surface area contributed by atoms with E-state index in [-0.39, 0.29) is 0 Å². The fraction of sp³-hybridized carbons (Fsp3) is 0.824. The third kappa shape index (κ3) is 15.4. The standard InChI is InChI=1S/C17H32O/c1-2-3-4-5-6-7-8-9-10-11-12-13-14-15-16-17-18/h8-9,17H,2-7,10-16H2,1H3. The van der Waals surface area contributed by atoms with E-state index in [1.807, 2.05) is 0 Å². The molecule has 0 aliphatic rings. The molecule has 0 fully saturated rings. The van der Waals surface area contributed by atoms with Gasteiger partial charge in [-0.3, -0.25) is 0 Å². The highest BCUT2D eigenvalue weighted by atomic mass is 16.1. The Bertz CT molecular complexity index is 184. The lowest BCUT2D eigenvalue weighted by atomic mass is 10.1. The summed E-state index contributed by atoms with van der Waals surface area (Å²) in [7, 11) is 0. The van der Waals surface area contributed by atoms with Crippen LogP contribution in [0.2, 0.25) is 0 Å². The zero-order chi connectivity index (χ0) is 13.3. The summed E-state index contributed by atoms with van der Waals surface area (Å²) >= 11 is 0. The third-order valence-corrected chi connectivity index (χ3v) is 3.33. The first kappa shape index (κ1) is 17.4. The SMILES string of the molecule is CCCCCCCC=CCCCCCCCC=O. The average molecular weight is 252 g/mol. The zero-order valence-electron chi connectivity index (χ0n) is 12.3. The lowest BCUT2D eigenvalue weighted by molar-refractivity contribution is -0.107. The van der Waals surface area contributed by atoms with E-state index in [0.717, 1.165) is 19.1 Å². The molecule has 0 amide bonds. The average Bonchev–Trinajstić information content (AvgIpc) is 2.39. The maximum Gasteiger partial charge on any atom is 0.119 e. The number of carbonyl (C=O) groups excluding carboxylic acids is 1. The number of hydrogen-bond acceptors (Lipinski definition) is 1. The second-order valence-electron chi connectivity index (χ2n) is 5.19. The molecule has 0 aliphatic carbocycles. The summed E-state index contributed by atoms with van der Waals surface area (Å²) in [5, 5.41) is 0. The molecule has 0 rings (SSSR count). The molecule has 0 aliphatic heterocycles. The van der Waals surface area contributed by atoms with Gasteiger partial charge in [0, 0.05) is 6.42 Å². The number of aldehydes is 1. The summed E-state index contributed by atoms with van der Waals surface area (Å²) in [5.41, 5.74) is 0. The van der Waals surface area contributed by atoms with Gasteiger partial charge >= 0.3 is 0 Å². The van der Waals surface area contributed by atoms with Crippen LogP contribution in [0.5, 0.6) is 0 Å². The number of rotatable bonds is 14. The van der Waals surface area contributed by atoms with Crippen LogP contribution in [-0.2, 0) is 4.79 Å². The van der Waals surface area contributed by atoms with Crippen molar-refractivity contribution >= 4 is 6.29 Å². The molecule has 0 heterocycles. The van der Waals surface area contributed by atoms with Crippen molar-refractivity contribution in [1.29, 1.82) is 0 Å². The molecule has 106 valence electrons. The van der Waals surface area contributed by atoms with Crippen molar-refractivity contribution in [2.45, 2.75) is 90.4 Å².